The number of rotatable bonds is 7. The highest BCUT2D eigenvalue weighted by Gasteiger charge is 2.21. The second-order valence-electron chi connectivity index (χ2n) is 4.71. The zero-order valence-electron chi connectivity index (χ0n) is 10.7. The van der Waals surface area contributed by atoms with Gasteiger partial charge in [0.1, 0.15) is 0 Å². The number of ether oxygens (including phenoxy) is 1. The molecule has 0 radical (unpaired) electrons. The number of hydrogen-bond acceptors (Lipinski definition) is 5. The van der Waals surface area contributed by atoms with Crippen LogP contribution in [0.3, 0.4) is 0 Å². The molecule has 0 amide bonds. The molecular formula is C13H21NO2S2. The third-order valence-corrected chi connectivity index (χ3v) is 5.16. The molecule has 1 aliphatic rings. The summed E-state index contributed by atoms with van der Waals surface area (Å²) in [5.41, 5.74) is 0. The van der Waals surface area contributed by atoms with E-state index in [4.69, 9.17) is 4.74 Å². The van der Waals surface area contributed by atoms with Crippen LogP contribution < -0.4 is 0 Å². The molecule has 5 heteroatoms. The van der Waals surface area contributed by atoms with Gasteiger partial charge >= 0.3 is 0 Å². The molecule has 1 fully saturated rings. The van der Waals surface area contributed by atoms with E-state index >= 15 is 0 Å². The topological polar surface area (TPSA) is 32.7 Å². The number of nitrogens with zero attached hydrogens (tertiary/aromatic N) is 1. The van der Waals surface area contributed by atoms with Crippen molar-refractivity contribution < 1.29 is 9.84 Å². The maximum Gasteiger partial charge on any atom is 0.0900 e. The average molecular weight is 287 g/mol. The van der Waals surface area contributed by atoms with E-state index in [0.717, 1.165) is 0 Å². The molecule has 1 aromatic heterocycles. The van der Waals surface area contributed by atoms with Gasteiger partial charge in [-0.15, -0.1) is 11.3 Å². The van der Waals surface area contributed by atoms with Gasteiger partial charge < -0.3 is 9.84 Å². The van der Waals surface area contributed by atoms with Crippen molar-refractivity contribution in [3.63, 3.8) is 0 Å². The van der Waals surface area contributed by atoms with E-state index in [-0.39, 0.29) is 6.10 Å². The van der Waals surface area contributed by atoms with E-state index in [1.54, 1.807) is 11.3 Å². The molecule has 3 nitrogen and oxygen atoms in total. The quantitative estimate of drug-likeness (QED) is 0.832. The fourth-order valence-corrected chi connectivity index (χ4v) is 4.03. The molecule has 2 unspecified atom stereocenters. The van der Waals surface area contributed by atoms with Crippen molar-refractivity contribution in [1.82, 2.24) is 4.90 Å². The van der Waals surface area contributed by atoms with Crippen LogP contribution in [0.1, 0.15) is 11.3 Å². The summed E-state index contributed by atoms with van der Waals surface area (Å²) in [6.07, 6.45) is 0.852. The molecule has 102 valence electrons. The summed E-state index contributed by atoms with van der Waals surface area (Å²) in [7, 11) is 2.10. The first-order valence-corrected chi connectivity index (χ1v) is 8.35. The van der Waals surface area contributed by atoms with Gasteiger partial charge in [0, 0.05) is 23.2 Å². The Balaban J connectivity index is 1.60. The van der Waals surface area contributed by atoms with Gasteiger partial charge in [0.05, 0.1) is 19.3 Å². The number of thioether (sulfide) groups is 1. The molecule has 0 aromatic carbocycles. The van der Waals surface area contributed by atoms with Crippen molar-refractivity contribution in [1.29, 1.82) is 0 Å². The first-order chi connectivity index (χ1) is 8.75. The normalized spacial score (nSPS) is 21.6. The Morgan fingerprint density at radius 2 is 2.50 bits per heavy atom. The van der Waals surface area contributed by atoms with Crippen molar-refractivity contribution in [2.75, 3.05) is 31.7 Å². The van der Waals surface area contributed by atoms with Crippen molar-refractivity contribution in [3.05, 3.63) is 22.4 Å². The molecule has 2 rings (SSSR count). The first kappa shape index (κ1) is 14.3. The summed E-state index contributed by atoms with van der Waals surface area (Å²) in [6, 6.07) is 4.70. The van der Waals surface area contributed by atoms with Gasteiger partial charge in [0.25, 0.3) is 0 Å². The van der Waals surface area contributed by atoms with E-state index < -0.39 is 0 Å². The van der Waals surface area contributed by atoms with E-state index in [1.807, 2.05) is 23.2 Å². The summed E-state index contributed by atoms with van der Waals surface area (Å²) >= 11 is 3.69. The lowest BCUT2D eigenvalue weighted by molar-refractivity contribution is 0.00992. The minimum absolute atomic E-state index is 0.388. The lowest BCUT2D eigenvalue weighted by Gasteiger charge is -2.25. The molecule has 0 bridgehead atoms. The largest absolute Gasteiger partial charge is 0.389 e. The number of thiophene rings is 1. The number of hydrogen-bond donors (Lipinski definition) is 1. The minimum atomic E-state index is -0.388. The van der Waals surface area contributed by atoms with Gasteiger partial charge in [-0.25, -0.2) is 0 Å². The van der Waals surface area contributed by atoms with Gasteiger partial charge in [-0.05, 0) is 30.7 Å². The average Bonchev–Trinajstić information content (AvgIpc) is 3.02. The molecule has 1 aromatic rings. The molecule has 1 aliphatic heterocycles. The summed E-state index contributed by atoms with van der Waals surface area (Å²) in [5.74, 6) is 2.44. The van der Waals surface area contributed by atoms with Crippen LogP contribution in [0, 0.1) is 0 Å². The Kier molecular flexibility index (Phi) is 5.98. The Bertz CT molecular complexity index is 326. The third-order valence-electron chi connectivity index (χ3n) is 3.16. The molecular weight excluding hydrogens is 266 g/mol. The zero-order chi connectivity index (χ0) is 12.8. The van der Waals surface area contributed by atoms with Crippen LogP contribution >= 0.6 is 23.1 Å². The predicted molar refractivity (Wildman–Crippen MR) is 78.3 cm³/mol. The number of likely N-dealkylation sites (N-methyl/N-ethyl adjacent to an activating group) is 1. The highest BCUT2D eigenvalue weighted by atomic mass is 32.2. The smallest absolute Gasteiger partial charge is 0.0900 e. The fourth-order valence-electron chi connectivity index (χ4n) is 2.09. The van der Waals surface area contributed by atoms with Crippen LogP contribution in [-0.4, -0.2) is 53.9 Å². The van der Waals surface area contributed by atoms with Gasteiger partial charge in [-0.3, -0.25) is 4.90 Å². The van der Waals surface area contributed by atoms with E-state index in [9.17, 15) is 5.11 Å². The summed E-state index contributed by atoms with van der Waals surface area (Å²) in [6.45, 7) is 1.73. The van der Waals surface area contributed by atoms with Crippen molar-refractivity contribution in [3.8, 4) is 0 Å². The number of aliphatic hydroxyl groups is 1. The van der Waals surface area contributed by atoms with Crippen LogP contribution in [-0.2, 0) is 11.3 Å². The van der Waals surface area contributed by atoms with Gasteiger partial charge in [-0.1, -0.05) is 6.07 Å². The Hall–Kier alpha value is -0.0700. The van der Waals surface area contributed by atoms with Crippen LogP contribution in [0.25, 0.3) is 0 Å². The molecule has 1 saturated heterocycles. The Labute approximate surface area is 117 Å². The van der Waals surface area contributed by atoms with Crippen LogP contribution in [0.15, 0.2) is 17.5 Å². The van der Waals surface area contributed by atoms with Gasteiger partial charge in [0.2, 0.25) is 0 Å². The highest BCUT2D eigenvalue weighted by molar-refractivity contribution is 7.99. The SMILES string of the molecule is CN(CC(O)COCc1cccs1)C1CCSC1. The van der Waals surface area contributed by atoms with E-state index in [0.29, 0.717) is 25.8 Å². The fraction of sp³-hybridized carbons (Fsp3) is 0.692. The van der Waals surface area contributed by atoms with E-state index in [1.165, 1.54) is 22.8 Å². The van der Waals surface area contributed by atoms with Crippen LogP contribution in [0.4, 0.5) is 0 Å². The van der Waals surface area contributed by atoms with E-state index in [2.05, 4.69) is 18.0 Å². The Morgan fingerprint density at radius 1 is 1.61 bits per heavy atom. The van der Waals surface area contributed by atoms with Crippen molar-refractivity contribution in [2.24, 2.45) is 0 Å². The molecule has 0 saturated carbocycles. The summed E-state index contributed by atoms with van der Waals surface area (Å²) < 4.78 is 5.53. The summed E-state index contributed by atoms with van der Waals surface area (Å²) in [5, 5.41) is 12.0. The van der Waals surface area contributed by atoms with Gasteiger partial charge in [0.15, 0.2) is 0 Å². The lowest BCUT2D eigenvalue weighted by Crippen LogP contribution is -2.39. The Morgan fingerprint density at radius 3 is 3.17 bits per heavy atom. The lowest BCUT2D eigenvalue weighted by atomic mass is 10.2. The molecule has 2 heterocycles. The molecule has 0 spiro atoms. The molecule has 18 heavy (non-hydrogen) atoms. The third kappa shape index (κ3) is 4.55. The van der Waals surface area contributed by atoms with Crippen LogP contribution in [0.5, 0.6) is 0 Å². The summed E-state index contributed by atoms with van der Waals surface area (Å²) in [4.78, 5) is 3.47. The minimum Gasteiger partial charge on any atom is -0.389 e. The first-order valence-electron chi connectivity index (χ1n) is 6.32. The predicted octanol–water partition coefficient (Wildman–Crippen LogP) is 2.06. The zero-order valence-corrected chi connectivity index (χ0v) is 12.4. The van der Waals surface area contributed by atoms with Crippen molar-refractivity contribution in [2.45, 2.75) is 25.2 Å². The second kappa shape index (κ2) is 7.50. The molecule has 1 N–H and O–H groups in total. The monoisotopic (exact) mass is 287 g/mol. The van der Waals surface area contributed by atoms with Crippen LogP contribution in [0.2, 0.25) is 0 Å². The maximum atomic E-state index is 9.94. The highest BCUT2D eigenvalue weighted by Crippen LogP contribution is 2.21. The number of aliphatic hydroxyl groups excluding tert-OH is 1. The van der Waals surface area contributed by atoms with Gasteiger partial charge in [-0.2, -0.15) is 11.8 Å². The van der Waals surface area contributed by atoms with Crippen molar-refractivity contribution >= 4 is 23.1 Å². The maximum absolute atomic E-state index is 9.94. The standard InChI is InChI=1S/C13H21NO2S2/c1-14(11-4-6-17-10-11)7-12(15)8-16-9-13-3-2-5-18-13/h2-3,5,11-12,15H,4,6-10H2,1H3. The molecule has 0 aliphatic carbocycles. The molecule has 2 atom stereocenters. The second-order valence-corrected chi connectivity index (χ2v) is 6.89.